The highest BCUT2D eigenvalue weighted by Crippen LogP contribution is 2.36. The number of sulfonamides is 1. The highest BCUT2D eigenvalue weighted by Gasteiger charge is 2.35. The van der Waals surface area contributed by atoms with Gasteiger partial charge in [0.05, 0.1) is 19.9 Å². The average molecular weight is 316 g/mol. The normalized spacial score (nSPS) is 12.5. The third-order valence-electron chi connectivity index (χ3n) is 3.87. The highest BCUT2D eigenvalue weighted by molar-refractivity contribution is 7.89. The molecule has 7 heteroatoms. The minimum absolute atomic E-state index is 0.0346. The summed E-state index contributed by atoms with van der Waals surface area (Å²) in [6.45, 7) is 5.67. The molecule has 0 unspecified atom stereocenters. The Morgan fingerprint density at radius 2 is 1.71 bits per heavy atom. The van der Waals surface area contributed by atoms with Crippen LogP contribution in [-0.2, 0) is 10.0 Å². The van der Waals surface area contributed by atoms with E-state index in [2.05, 4.69) is 0 Å². The third kappa shape index (κ3) is 3.24. The van der Waals surface area contributed by atoms with E-state index in [1.165, 1.54) is 30.7 Å². The molecule has 2 N–H and O–H groups in total. The van der Waals surface area contributed by atoms with E-state index in [4.69, 9.17) is 15.2 Å². The second-order valence-corrected chi connectivity index (χ2v) is 7.32. The quantitative estimate of drug-likeness (QED) is 0.813. The smallest absolute Gasteiger partial charge is 0.247 e. The van der Waals surface area contributed by atoms with E-state index in [-0.39, 0.29) is 16.3 Å². The number of rotatable bonds is 6. The maximum atomic E-state index is 12.8. The Morgan fingerprint density at radius 1 is 1.19 bits per heavy atom. The van der Waals surface area contributed by atoms with Crippen LogP contribution in [0.25, 0.3) is 0 Å². The lowest BCUT2D eigenvalue weighted by Crippen LogP contribution is -2.44. The topological polar surface area (TPSA) is 81.9 Å². The molecule has 0 heterocycles. The van der Waals surface area contributed by atoms with Gasteiger partial charge in [0, 0.05) is 18.7 Å². The lowest BCUT2D eigenvalue weighted by atomic mass is 10.0. The van der Waals surface area contributed by atoms with Gasteiger partial charge in [0.25, 0.3) is 0 Å². The molecule has 0 spiro atoms. The summed E-state index contributed by atoms with van der Waals surface area (Å²) in [6, 6.07) is 2.85. The summed E-state index contributed by atoms with van der Waals surface area (Å²) in [5, 5.41) is 0. The largest absolute Gasteiger partial charge is 0.495 e. The van der Waals surface area contributed by atoms with Crippen LogP contribution in [0.5, 0.6) is 11.5 Å². The molecule has 0 amide bonds. The van der Waals surface area contributed by atoms with Gasteiger partial charge in [0.2, 0.25) is 10.0 Å². The predicted octanol–water partition coefficient (Wildman–Crippen LogP) is 2.10. The van der Waals surface area contributed by atoms with Gasteiger partial charge in [-0.3, -0.25) is 0 Å². The Labute approximate surface area is 126 Å². The molecule has 1 aromatic rings. The van der Waals surface area contributed by atoms with Crippen LogP contribution in [0.1, 0.15) is 27.2 Å². The van der Waals surface area contributed by atoms with Crippen LogP contribution in [0.15, 0.2) is 17.0 Å². The van der Waals surface area contributed by atoms with Gasteiger partial charge < -0.3 is 15.2 Å². The fraction of sp³-hybridized carbons (Fsp3) is 0.571. The Kier molecular flexibility index (Phi) is 5.11. The van der Waals surface area contributed by atoms with E-state index in [0.717, 1.165) is 0 Å². The number of methoxy groups -OCH3 is 2. The molecule has 21 heavy (non-hydrogen) atoms. The first-order valence-electron chi connectivity index (χ1n) is 6.62. The fourth-order valence-corrected chi connectivity index (χ4v) is 3.54. The lowest BCUT2D eigenvalue weighted by molar-refractivity contribution is 0.256. The number of nitrogens with two attached hydrogens (primary N) is 1. The molecule has 0 bridgehead atoms. The summed E-state index contributed by atoms with van der Waals surface area (Å²) in [4.78, 5) is 0.0346. The van der Waals surface area contributed by atoms with Crippen LogP contribution in [0, 0.1) is 0 Å². The second-order valence-electron chi connectivity index (χ2n) is 5.38. The highest BCUT2D eigenvalue weighted by atomic mass is 32.2. The minimum Gasteiger partial charge on any atom is -0.495 e. The van der Waals surface area contributed by atoms with Crippen molar-refractivity contribution in [2.24, 2.45) is 0 Å². The molecule has 1 rings (SSSR count). The maximum Gasteiger partial charge on any atom is 0.247 e. The summed E-state index contributed by atoms with van der Waals surface area (Å²) >= 11 is 0. The Hall–Kier alpha value is -1.47. The first-order valence-corrected chi connectivity index (χ1v) is 8.06. The van der Waals surface area contributed by atoms with Crippen molar-refractivity contribution in [3.05, 3.63) is 12.1 Å². The predicted molar refractivity (Wildman–Crippen MR) is 83.3 cm³/mol. The lowest BCUT2D eigenvalue weighted by Gasteiger charge is -2.34. The van der Waals surface area contributed by atoms with Crippen LogP contribution in [0.2, 0.25) is 0 Å². The van der Waals surface area contributed by atoms with E-state index in [1.54, 1.807) is 7.05 Å². The minimum atomic E-state index is -3.73. The van der Waals surface area contributed by atoms with E-state index < -0.39 is 15.6 Å². The van der Waals surface area contributed by atoms with Crippen molar-refractivity contribution in [3.8, 4) is 11.5 Å². The van der Waals surface area contributed by atoms with Crippen LogP contribution in [0.3, 0.4) is 0 Å². The first-order chi connectivity index (χ1) is 9.61. The van der Waals surface area contributed by atoms with Crippen molar-refractivity contribution in [2.75, 3.05) is 27.0 Å². The van der Waals surface area contributed by atoms with Gasteiger partial charge >= 0.3 is 0 Å². The third-order valence-corrected chi connectivity index (χ3v) is 5.96. The number of hydrogen-bond acceptors (Lipinski definition) is 5. The summed E-state index contributed by atoms with van der Waals surface area (Å²) in [6.07, 6.45) is 0.677. The number of nitrogen functional groups attached to an aromatic ring is 1. The van der Waals surface area contributed by atoms with E-state index in [9.17, 15) is 8.42 Å². The molecule has 120 valence electrons. The number of anilines is 1. The van der Waals surface area contributed by atoms with Crippen molar-refractivity contribution in [1.29, 1.82) is 0 Å². The first kappa shape index (κ1) is 17.6. The second kappa shape index (κ2) is 6.11. The zero-order valence-electron chi connectivity index (χ0n) is 13.4. The Bertz CT molecular complexity index is 612. The molecule has 0 saturated carbocycles. The Morgan fingerprint density at radius 3 is 2.14 bits per heavy atom. The molecular weight excluding hydrogens is 292 g/mol. The summed E-state index contributed by atoms with van der Waals surface area (Å²) in [7, 11) is 0.704. The van der Waals surface area contributed by atoms with E-state index in [1.807, 2.05) is 20.8 Å². The van der Waals surface area contributed by atoms with Crippen molar-refractivity contribution in [3.63, 3.8) is 0 Å². The van der Waals surface area contributed by atoms with Gasteiger partial charge in [-0.2, -0.15) is 4.31 Å². The van der Waals surface area contributed by atoms with Crippen LogP contribution >= 0.6 is 0 Å². The van der Waals surface area contributed by atoms with Crippen molar-refractivity contribution >= 4 is 15.7 Å². The molecular formula is C14H24N2O4S. The zero-order chi connectivity index (χ0) is 16.4. The van der Waals surface area contributed by atoms with Gasteiger partial charge in [0.15, 0.2) is 0 Å². The Balaban J connectivity index is 3.48. The van der Waals surface area contributed by atoms with Crippen LogP contribution in [-0.4, -0.2) is 39.5 Å². The van der Waals surface area contributed by atoms with E-state index in [0.29, 0.717) is 12.2 Å². The standard InChI is InChI=1S/C14H24N2O4S/c1-7-14(2,3)16(4)21(17,18)13-8-10(15)11(19-5)9-12(13)20-6/h8-9H,7,15H2,1-6H3. The molecule has 0 radical (unpaired) electrons. The molecule has 6 nitrogen and oxygen atoms in total. The molecule has 0 aliphatic rings. The summed E-state index contributed by atoms with van der Waals surface area (Å²) in [5.41, 5.74) is 5.56. The van der Waals surface area contributed by atoms with Gasteiger partial charge in [-0.15, -0.1) is 0 Å². The van der Waals surface area contributed by atoms with E-state index >= 15 is 0 Å². The average Bonchev–Trinajstić information content (AvgIpc) is 2.45. The van der Waals surface area contributed by atoms with Crippen LogP contribution < -0.4 is 15.2 Å². The maximum absolute atomic E-state index is 12.8. The number of benzene rings is 1. The SMILES string of the molecule is CCC(C)(C)N(C)S(=O)(=O)c1cc(N)c(OC)cc1OC. The number of ether oxygens (including phenoxy) is 2. The van der Waals surface area contributed by atoms with Crippen molar-refractivity contribution < 1.29 is 17.9 Å². The molecule has 0 atom stereocenters. The molecule has 0 fully saturated rings. The van der Waals surface area contributed by atoms with Gasteiger partial charge in [0.1, 0.15) is 16.4 Å². The van der Waals surface area contributed by atoms with Gasteiger partial charge in [-0.25, -0.2) is 8.42 Å². The van der Waals surface area contributed by atoms with Crippen LogP contribution in [0.4, 0.5) is 5.69 Å². The van der Waals surface area contributed by atoms with Crippen molar-refractivity contribution in [2.45, 2.75) is 37.6 Å². The molecule has 0 aliphatic carbocycles. The summed E-state index contributed by atoms with van der Waals surface area (Å²) in [5.74, 6) is 0.586. The number of hydrogen-bond donors (Lipinski definition) is 1. The zero-order valence-corrected chi connectivity index (χ0v) is 14.2. The summed E-state index contributed by atoms with van der Waals surface area (Å²) < 4.78 is 37.2. The monoisotopic (exact) mass is 316 g/mol. The van der Waals surface area contributed by atoms with Gasteiger partial charge in [-0.05, 0) is 26.3 Å². The van der Waals surface area contributed by atoms with Crippen molar-refractivity contribution in [1.82, 2.24) is 4.31 Å². The molecule has 0 aromatic heterocycles. The molecule has 0 saturated heterocycles. The van der Waals surface area contributed by atoms with Gasteiger partial charge in [-0.1, -0.05) is 6.92 Å². The number of nitrogens with zero attached hydrogens (tertiary/aromatic N) is 1. The molecule has 1 aromatic carbocycles. The molecule has 0 aliphatic heterocycles. The fourth-order valence-electron chi connectivity index (χ4n) is 1.79.